The summed E-state index contributed by atoms with van der Waals surface area (Å²) in [7, 11) is 0. The van der Waals surface area contributed by atoms with E-state index < -0.39 is 11.9 Å². The quantitative estimate of drug-likeness (QED) is 0.811. The Balaban J connectivity index is 2.34. The molecule has 0 aliphatic carbocycles. The van der Waals surface area contributed by atoms with Crippen LogP contribution in [0.15, 0.2) is 34.8 Å². The number of halogens is 2. The molecule has 1 aromatic carbocycles. The lowest BCUT2D eigenvalue weighted by Crippen LogP contribution is -2.08. The summed E-state index contributed by atoms with van der Waals surface area (Å²) in [6.07, 6.45) is -0.908. The van der Waals surface area contributed by atoms with Crippen LogP contribution in [-0.2, 0) is 5.41 Å². The van der Waals surface area contributed by atoms with Gasteiger partial charge in [0.15, 0.2) is 0 Å². The van der Waals surface area contributed by atoms with Crippen molar-refractivity contribution in [1.82, 2.24) is 0 Å². The third-order valence-electron chi connectivity index (χ3n) is 2.89. The predicted octanol–water partition coefficient (Wildman–Crippen LogP) is 5.03. The maximum atomic E-state index is 13.8. The van der Waals surface area contributed by atoms with Gasteiger partial charge >= 0.3 is 0 Å². The van der Waals surface area contributed by atoms with Crippen molar-refractivity contribution in [1.29, 1.82) is 0 Å². The van der Waals surface area contributed by atoms with E-state index in [1.165, 1.54) is 22.3 Å². The van der Waals surface area contributed by atoms with Crippen LogP contribution in [0.3, 0.4) is 0 Å². The Morgan fingerprint density at radius 2 is 1.89 bits per heavy atom. The van der Waals surface area contributed by atoms with Crippen molar-refractivity contribution < 1.29 is 9.50 Å². The van der Waals surface area contributed by atoms with Crippen molar-refractivity contribution in [2.75, 3.05) is 0 Å². The number of hydrogen-bond acceptors (Lipinski definition) is 2. The highest BCUT2D eigenvalue weighted by Gasteiger charge is 2.21. The van der Waals surface area contributed by atoms with Gasteiger partial charge in [-0.05, 0) is 29.7 Å². The Labute approximate surface area is 125 Å². The fraction of sp³-hybridized carbons (Fsp3) is 0.333. The molecule has 102 valence electrons. The van der Waals surface area contributed by atoms with Crippen LogP contribution in [0.5, 0.6) is 0 Å². The molecule has 4 heteroatoms. The molecule has 0 saturated heterocycles. The second-order valence-electron chi connectivity index (χ2n) is 5.52. The molecule has 0 aliphatic rings. The molecule has 2 rings (SSSR count). The van der Waals surface area contributed by atoms with E-state index in [2.05, 4.69) is 36.7 Å². The van der Waals surface area contributed by atoms with Gasteiger partial charge < -0.3 is 5.11 Å². The fourth-order valence-corrected chi connectivity index (χ4v) is 3.18. The molecule has 2 aromatic rings. The first-order chi connectivity index (χ1) is 8.79. The van der Waals surface area contributed by atoms with Crippen LogP contribution >= 0.6 is 27.3 Å². The highest BCUT2D eigenvalue weighted by Crippen LogP contribution is 2.35. The van der Waals surface area contributed by atoms with Crippen molar-refractivity contribution >= 4 is 27.3 Å². The molecule has 1 nitrogen and oxygen atoms in total. The minimum Gasteiger partial charge on any atom is -0.383 e. The molecule has 0 spiro atoms. The minimum atomic E-state index is -0.908. The van der Waals surface area contributed by atoms with E-state index in [0.29, 0.717) is 10.0 Å². The van der Waals surface area contributed by atoms with E-state index in [1.807, 2.05) is 12.1 Å². The van der Waals surface area contributed by atoms with Gasteiger partial charge in [0.25, 0.3) is 0 Å². The first-order valence-electron chi connectivity index (χ1n) is 6.02. The fourth-order valence-electron chi connectivity index (χ4n) is 1.78. The average molecular weight is 343 g/mol. The monoisotopic (exact) mass is 342 g/mol. The number of thiophene rings is 1. The van der Waals surface area contributed by atoms with E-state index in [0.717, 1.165) is 4.88 Å². The van der Waals surface area contributed by atoms with E-state index in [1.54, 1.807) is 12.1 Å². The van der Waals surface area contributed by atoms with Crippen molar-refractivity contribution in [2.24, 2.45) is 0 Å². The molecule has 0 fully saturated rings. The summed E-state index contributed by atoms with van der Waals surface area (Å²) < 4.78 is 14.5. The van der Waals surface area contributed by atoms with E-state index >= 15 is 0 Å². The molecule has 19 heavy (non-hydrogen) atoms. The third-order valence-corrected chi connectivity index (χ3v) is 4.95. The molecule has 1 heterocycles. The van der Waals surface area contributed by atoms with Crippen molar-refractivity contribution in [3.8, 4) is 0 Å². The highest BCUT2D eigenvalue weighted by molar-refractivity contribution is 9.10. The van der Waals surface area contributed by atoms with Crippen LogP contribution in [0.2, 0.25) is 0 Å². The summed E-state index contributed by atoms with van der Waals surface area (Å²) in [6.45, 7) is 6.36. The molecule has 1 aromatic heterocycles. The summed E-state index contributed by atoms with van der Waals surface area (Å²) in [5.41, 5.74) is 0.353. The Bertz CT molecular complexity index is 586. The summed E-state index contributed by atoms with van der Waals surface area (Å²) in [5, 5.41) is 10.3. The van der Waals surface area contributed by atoms with Gasteiger partial charge in [-0.3, -0.25) is 0 Å². The lowest BCUT2D eigenvalue weighted by Gasteiger charge is -2.16. The second kappa shape index (κ2) is 5.35. The minimum absolute atomic E-state index is 0.0426. The maximum Gasteiger partial charge on any atom is 0.130 e. The topological polar surface area (TPSA) is 20.2 Å². The molecule has 1 atom stereocenters. The Morgan fingerprint density at radius 1 is 1.21 bits per heavy atom. The summed E-state index contributed by atoms with van der Waals surface area (Å²) in [4.78, 5) is 1.95. The van der Waals surface area contributed by atoms with Gasteiger partial charge in [0.05, 0.1) is 0 Å². The Morgan fingerprint density at radius 3 is 2.42 bits per heavy atom. The average Bonchev–Trinajstić information content (AvgIpc) is 2.76. The zero-order chi connectivity index (χ0) is 14.2. The third kappa shape index (κ3) is 3.25. The van der Waals surface area contributed by atoms with E-state index in [-0.39, 0.29) is 5.41 Å². The highest BCUT2D eigenvalue weighted by atomic mass is 79.9. The van der Waals surface area contributed by atoms with Gasteiger partial charge in [-0.25, -0.2) is 4.39 Å². The molecule has 1 N–H and O–H groups in total. The molecule has 0 amide bonds. The number of aliphatic hydroxyl groups is 1. The predicted molar refractivity (Wildman–Crippen MR) is 81.2 cm³/mol. The standard InChI is InChI=1S/C15H16BrFOS/c1-15(2,3)13-7-6-12(19-13)14(18)10-5-4-9(16)8-11(10)17/h4-8,14,18H,1-3H3. The zero-order valence-corrected chi connectivity index (χ0v) is 13.5. The lowest BCUT2D eigenvalue weighted by atomic mass is 9.95. The largest absolute Gasteiger partial charge is 0.383 e. The van der Waals surface area contributed by atoms with Crippen molar-refractivity contribution in [3.05, 3.63) is 55.9 Å². The van der Waals surface area contributed by atoms with Crippen LogP contribution in [0.1, 0.15) is 42.2 Å². The Hall–Kier alpha value is -0.710. The Kier molecular flexibility index (Phi) is 4.14. The lowest BCUT2D eigenvalue weighted by molar-refractivity contribution is 0.218. The van der Waals surface area contributed by atoms with E-state index in [9.17, 15) is 9.50 Å². The molecule has 0 radical (unpaired) electrons. The molecule has 0 aliphatic heterocycles. The second-order valence-corrected chi connectivity index (χ2v) is 7.55. The number of hydrogen-bond donors (Lipinski definition) is 1. The molecular weight excluding hydrogens is 327 g/mol. The number of benzene rings is 1. The van der Waals surface area contributed by atoms with Gasteiger partial charge in [-0.15, -0.1) is 11.3 Å². The number of rotatable bonds is 2. The van der Waals surface area contributed by atoms with Gasteiger partial charge in [-0.2, -0.15) is 0 Å². The van der Waals surface area contributed by atoms with Crippen LogP contribution in [0, 0.1) is 5.82 Å². The normalized spacial score (nSPS) is 13.6. The van der Waals surface area contributed by atoms with Crippen molar-refractivity contribution in [3.63, 3.8) is 0 Å². The van der Waals surface area contributed by atoms with Crippen LogP contribution in [-0.4, -0.2) is 5.11 Å². The zero-order valence-electron chi connectivity index (χ0n) is 11.1. The summed E-state index contributed by atoms with van der Waals surface area (Å²) in [5.74, 6) is -0.396. The van der Waals surface area contributed by atoms with Gasteiger partial charge in [0.1, 0.15) is 11.9 Å². The molecule has 0 saturated carbocycles. The van der Waals surface area contributed by atoms with Crippen LogP contribution in [0.25, 0.3) is 0 Å². The summed E-state index contributed by atoms with van der Waals surface area (Å²) in [6, 6.07) is 8.59. The SMILES string of the molecule is CC(C)(C)c1ccc(C(O)c2ccc(Br)cc2F)s1. The number of aliphatic hydroxyl groups excluding tert-OH is 1. The molecule has 1 unspecified atom stereocenters. The maximum absolute atomic E-state index is 13.8. The van der Waals surface area contributed by atoms with E-state index in [4.69, 9.17) is 0 Å². The van der Waals surface area contributed by atoms with Gasteiger partial charge in [0.2, 0.25) is 0 Å². The first-order valence-corrected chi connectivity index (χ1v) is 7.63. The van der Waals surface area contributed by atoms with Gasteiger partial charge in [-0.1, -0.05) is 42.8 Å². The molecule has 0 bridgehead atoms. The first kappa shape index (κ1) is 14.7. The van der Waals surface area contributed by atoms with Gasteiger partial charge in [0, 0.05) is 19.8 Å². The van der Waals surface area contributed by atoms with Crippen LogP contribution < -0.4 is 0 Å². The smallest absolute Gasteiger partial charge is 0.130 e. The van der Waals surface area contributed by atoms with Crippen molar-refractivity contribution in [2.45, 2.75) is 32.3 Å². The summed E-state index contributed by atoms with van der Waals surface area (Å²) >= 11 is 4.74. The molecular formula is C15H16BrFOS. The van der Waals surface area contributed by atoms with Crippen LogP contribution in [0.4, 0.5) is 4.39 Å².